The molecule has 2 heterocycles. The number of benzene rings is 3. The molecule has 0 bridgehead atoms. The summed E-state index contributed by atoms with van der Waals surface area (Å²) >= 11 is 0. The van der Waals surface area contributed by atoms with Gasteiger partial charge < -0.3 is 5.11 Å². The van der Waals surface area contributed by atoms with Crippen molar-refractivity contribution in [1.82, 2.24) is 9.97 Å². The van der Waals surface area contributed by atoms with Crippen LogP contribution in [-0.2, 0) is 25.7 Å². The maximum absolute atomic E-state index is 12.1. The number of hydrogen-bond acceptors (Lipinski definition) is 3. The molecular weight excluding hydrogens is 628 g/mol. The molecule has 1 aliphatic carbocycles. The molecule has 0 saturated heterocycles. The van der Waals surface area contributed by atoms with Crippen LogP contribution in [0.4, 0.5) is 4.39 Å². The second-order valence-corrected chi connectivity index (χ2v) is 8.27. The van der Waals surface area contributed by atoms with Crippen LogP contribution >= 0.6 is 0 Å². The van der Waals surface area contributed by atoms with Gasteiger partial charge in [0.2, 0.25) is 0 Å². The van der Waals surface area contributed by atoms with Crippen molar-refractivity contribution in [3.63, 3.8) is 0 Å². The van der Waals surface area contributed by atoms with Crippen molar-refractivity contribution in [3.05, 3.63) is 155 Å². The Hall–Kier alpha value is -3.50. The molecule has 5 aromatic rings. The van der Waals surface area contributed by atoms with Crippen LogP contribution in [0, 0.1) is 25.7 Å². The van der Waals surface area contributed by atoms with E-state index >= 15 is 0 Å². The topological polar surface area (TPSA) is 46.0 Å². The number of nitrogens with zero attached hydrogens (tertiary/aromatic N) is 2. The minimum Gasteiger partial charge on any atom is -0.374 e. The molecule has 1 aliphatic rings. The number of fused-ring (bicyclic) bond motifs is 3. The van der Waals surface area contributed by atoms with Crippen molar-refractivity contribution >= 4 is 0 Å². The first kappa shape index (κ1) is 27.1. The average molecular weight is 654 g/mol. The second-order valence-electron chi connectivity index (χ2n) is 8.27. The molecule has 0 saturated carbocycles. The zero-order valence-electron chi connectivity index (χ0n) is 20.0. The van der Waals surface area contributed by atoms with Gasteiger partial charge in [-0.05, 0) is 47.9 Å². The zero-order valence-corrected chi connectivity index (χ0v) is 22.4. The number of hydrogen-bond donors (Lipinski definition) is 1. The number of rotatable bonds is 1. The van der Waals surface area contributed by atoms with E-state index in [-0.39, 0.29) is 25.9 Å². The SMILES string of the molecule is Cc1c[c-]cc(F)c1.Cc1ccncc1.OC1(c2ccccn2)c2ccccc2-c2ccccc21.[Ir]. The molecule has 36 heavy (non-hydrogen) atoms. The molecule has 0 unspecified atom stereocenters. The van der Waals surface area contributed by atoms with E-state index in [0.717, 1.165) is 27.8 Å². The number of aliphatic hydroxyl groups is 1. The third-order valence-electron chi connectivity index (χ3n) is 5.70. The monoisotopic (exact) mass is 654 g/mol. The fraction of sp³-hybridized carbons (Fsp3) is 0.0968. The maximum atomic E-state index is 12.1. The predicted octanol–water partition coefficient (Wildman–Crippen LogP) is 6.67. The van der Waals surface area contributed by atoms with Gasteiger partial charge in [-0.3, -0.25) is 14.4 Å². The summed E-state index contributed by atoms with van der Waals surface area (Å²) in [7, 11) is 0. The van der Waals surface area contributed by atoms with Crippen LogP contribution in [0.5, 0.6) is 0 Å². The summed E-state index contributed by atoms with van der Waals surface area (Å²) in [5, 5.41) is 11.4. The van der Waals surface area contributed by atoms with E-state index in [2.05, 4.69) is 28.2 Å². The molecule has 5 heteroatoms. The Morgan fingerprint density at radius 2 is 1.31 bits per heavy atom. The summed E-state index contributed by atoms with van der Waals surface area (Å²) in [6.45, 7) is 3.88. The van der Waals surface area contributed by atoms with Crippen LogP contribution in [0.3, 0.4) is 0 Å². The Labute approximate surface area is 225 Å². The number of halogens is 1. The minimum absolute atomic E-state index is 0. The normalized spacial score (nSPS) is 11.9. The second kappa shape index (κ2) is 12.5. The van der Waals surface area contributed by atoms with E-state index in [9.17, 15) is 9.50 Å². The largest absolute Gasteiger partial charge is 0.374 e. The van der Waals surface area contributed by atoms with Gasteiger partial charge in [0.05, 0.1) is 5.69 Å². The molecule has 2 aromatic heterocycles. The number of aromatic nitrogens is 2. The summed E-state index contributed by atoms with van der Waals surface area (Å²) in [5.74, 6) is -0.218. The third-order valence-corrected chi connectivity index (χ3v) is 5.70. The van der Waals surface area contributed by atoms with Gasteiger partial charge in [-0.1, -0.05) is 61.5 Å². The van der Waals surface area contributed by atoms with Crippen LogP contribution in [-0.4, -0.2) is 15.1 Å². The fourth-order valence-electron chi connectivity index (χ4n) is 4.04. The average Bonchev–Trinajstić information content (AvgIpc) is 3.16. The Morgan fingerprint density at radius 1 is 0.722 bits per heavy atom. The van der Waals surface area contributed by atoms with Crippen LogP contribution in [0.15, 0.2) is 116 Å². The number of pyridine rings is 2. The summed E-state index contributed by atoms with van der Waals surface area (Å²) < 4.78 is 12.1. The molecule has 183 valence electrons. The van der Waals surface area contributed by atoms with Gasteiger partial charge in [-0.15, -0.1) is 12.1 Å². The molecule has 6 rings (SSSR count). The standard InChI is InChI=1S/C18H13NO.C7H6F.C6H7N.Ir/c20-18(17-11-5-6-12-19-17)15-9-3-1-7-13(15)14-8-2-4-10-16(14)18;1-6-3-2-4-7(8)5-6;1-6-2-4-7-5-3-6;/h1-12,20H;3-5H,1H3;2-5H,1H3;/q;-1;;. The predicted molar refractivity (Wildman–Crippen MR) is 137 cm³/mol. The molecular formula is C31H26FIrN2O-. The molecule has 0 atom stereocenters. The molecule has 1 N–H and O–H groups in total. The molecule has 3 nitrogen and oxygen atoms in total. The third kappa shape index (κ3) is 6.00. The van der Waals surface area contributed by atoms with Crippen molar-refractivity contribution in [3.8, 4) is 11.1 Å². The van der Waals surface area contributed by atoms with Gasteiger partial charge >= 0.3 is 0 Å². The van der Waals surface area contributed by atoms with E-state index in [0.29, 0.717) is 5.69 Å². The first-order valence-corrected chi connectivity index (χ1v) is 11.3. The van der Waals surface area contributed by atoms with E-state index in [1.54, 1.807) is 24.7 Å². The van der Waals surface area contributed by atoms with Crippen LogP contribution in [0.1, 0.15) is 27.9 Å². The van der Waals surface area contributed by atoms with Crippen molar-refractivity contribution < 1.29 is 29.6 Å². The zero-order chi connectivity index (χ0) is 24.7. The first-order chi connectivity index (χ1) is 17.0. The summed E-state index contributed by atoms with van der Waals surface area (Å²) in [4.78, 5) is 8.23. The molecule has 0 spiro atoms. The maximum Gasteiger partial charge on any atom is 0.158 e. The van der Waals surface area contributed by atoms with E-state index in [4.69, 9.17) is 0 Å². The Bertz CT molecular complexity index is 1330. The molecule has 0 amide bonds. The van der Waals surface area contributed by atoms with E-state index in [1.807, 2.05) is 80.6 Å². The van der Waals surface area contributed by atoms with E-state index in [1.165, 1.54) is 17.7 Å². The Kier molecular flexibility index (Phi) is 9.37. The minimum atomic E-state index is -1.16. The summed E-state index contributed by atoms with van der Waals surface area (Å²) in [6.07, 6.45) is 5.29. The molecule has 3 aromatic carbocycles. The van der Waals surface area contributed by atoms with Gasteiger partial charge in [-0.25, -0.2) is 0 Å². The fourth-order valence-corrected chi connectivity index (χ4v) is 4.04. The van der Waals surface area contributed by atoms with Crippen molar-refractivity contribution in [1.29, 1.82) is 0 Å². The quantitative estimate of drug-likeness (QED) is 0.206. The number of aryl methyl sites for hydroxylation is 2. The molecule has 1 radical (unpaired) electrons. The molecule has 0 aliphatic heterocycles. The van der Waals surface area contributed by atoms with E-state index < -0.39 is 5.60 Å². The van der Waals surface area contributed by atoms with Gasteiger partial charge in [0.15, 0.2) is 5.60 Å². The van der Waals surface area contributed by atoms with Crippen LogP contribution in [0.2, 0.25) is 0 Å². The van der Waals surface area contributed by atoms with Gasteiger partial charge in [0.25, 0.3) is 0 Å². The Morgan fingerprint density at radius 3 is 1.75 bits per heavy atom. The van der Waals surface area contributed by atoms with Crippen molar-refractivity contribution in [2.45, 2.75) is 19.4 Å². The van der Waals surface area contributed by atoms with Gasteiger partial charge in [0.1, 0.15) is 0 Å². The van der Waals surface area contributed by atoms with Gasteiger partial charge in [-0.2, -0.15) is 17.7 Å². The smallest absolute Gasteiger partial charge is 0.158 e. The van der Waals surface area contributed by atoms with Crippen molar-refractivity contribution in [2.75, 3.05) is 0 Å². The van der Waals surface area contributed by atoms with Crippen LogP contribution in [0.25, 0.3) is 11.1 Å². The summed E-state index contributed by atoms with van der Waals surface area (Å²) in [6, 6.07) is 32.7. The van der Waals surface area contributed by atoms with Crippen molar-refractivity contribution in [2.24, 2.45) is 0 Å². The van der Waals surface area contributed by atoms with Gasteiger partial charge in [0, 0.05) is 55.6 Å². The Balaban J connectivity index is 0.000000187. The molecule has 0 fully saturated rings. The first-order valence-electron chi connectivity index (χ1n) is 11.3. The van der Waals surface area contributed by atoms with Crippen LogP contribution < -0.4 is 0 Å². The summed E-state index contributed by atoms with van der Waals surface area (Å²) in [5.41, 5.74) is 5.64.